The normalized spacial score (nSPS) is 24.7. The molecule has 0 aliphatic carbocycles. The van der Waals surface area contributed by atoms with Crippen LogP contribution in [0.2, 0.25) is 0 Å². The van der Waals surface area contributed by atoms with E-state index in [1.807, 2.05) is 0 Å². The number of nitrogens with two attached hydrogens (primary N) is 1. The zero-order valence-corrected chi connectivity index (χ0v) is 13.1. The van der Waals surface area contributed by atoms with Crippen LogP contribution in [0.5, 0.6) is 0 Å². The highest BCUT2D eigenvalue weighted by Crippen LogP contribution is 2.18. The van der Waals surface area contributed by atoms with Gasteiger partial charge in [0.2, 0.25) is 5.89 Å². The Morgan fingerprint density at radius 1 is 1.23 bits per heavy atom. The van der Waals surface area contributed by atoms with Gasteiger partial charge >= 0.3 is 0 Å². The van der Waals surface area contributed by atoms with Crippen LogP contribution in [0.3, 0.4) is 0 Å². The van der Waals surface area contributed by atoms with Crippen LogP contribution in [-0.2, 0) is 22.6 Å². The number of ether oxygens (including phenoxy) is 2. The lowest BCUT2D eigenvalue weighted by Crippen LogP contribution is -2.38. The van der Waals surface area contributed by atoms with E-state index in [1.54, 1.807) is 0 Å². The van der Waals surface area contributed by atoms with Crippen molar-refractivity contribution in [2.24, 2.45) is 5.73 Å². The minimum Gasteiger partial charge on any atom is -0.376 e. The summed E-state index contributed by atoms with van der Waals surface area (Å²) in [7, 11) is 0. The molecule has 22 heavy (non-hydrogen) atoms. The number of aromatic nitrogens is 2. The van der Waals surface area contributed by atoms with Crippen molar-refractivity contribution in [2.75, 3.05) is 26.3 Å². The van der Waals surface area contributed by atoms with Gasteiger partial charge in [0.25, 0.3) is 0 Å². The zero-order valence-electron chi connectivity index (χ0n) is 13.1. The van der Waals surface area contributed by atoms with Gasteiger partial charge in [0, 0.05) is 19.7 Å². The fraction of sp³-hybridized carbons (Fsp3) is 0.867. The summed E-state index contributed by atoms with van der Waals surface area (Å²) in [5.74, 6) is 1.22. The topological polar surface area (TPSA) is 86.6 Å². The van der Waals surface area contributed by atoms with Gasteiger partial charge in [-0.1, -0.05) is 5.16 Å². The Labute approximate surface area is 131 Å². The third-order valence-electron chi connectivity index (χ3n) is 4.38. The highest BCUT2D eigenvalue weighted by atomic mass is 16.5. The number of hydrogen-bond donors (Lipinski definition) is 1. The van der Waals surface area contributed by atoms with E-state index in [0.29, 0.717) is 24.6 Å². The van der Waals surface area contributed by atoms with Gasteiger partial charge in [0.15, 0.2) is 5.82 Å². The number of hydrogen-bond acceptors (Lipinski definition) is 7. The van der Waals surface area contributed by atoms with Crippen LogP contribution < -0.4 is 5.73 Å². The molecule has 2 N–H and O–H groups in total. The maximum atomic E-state index is 6.02. The fourth-order valence-electron chi connectivity index (χ4n) is 3.05. The second-order valence-electron chi connectivity index (χ2n) is 6.11. The predicted molar refractivity (Wildman–Crippen MR) is 80.0 cm³/mol. The summed E-state index contributed by atoms with van der Waals surface area (Å²) in [4.78, 5) is 6.58. The molecular formula is C15H26N4O3. The Balaban J connectivity index is 1.35. The van der Waals surface area contributed by atoms with Gasteiger partial charge in [-0.2, -0.15) is 4.98 Å². The highest BCUT2D eigenvalue weighted by molar-refractivity contribution is 4.87. The van der Waals surface area contributed by atoms with E-state index < -0.39 is 0 Å². The van der Waals surface area contributed by atoms with Crippen LogP contribution in [0.4, 0.5) is 0 Å². The maximum Gasteiger partial charge on any atom is 0.240 e. The summed E-state index contributed by atoms with van der Waals surface area (Å²) in [5, 5.41) is 3.94. The lowest BCUT2D eigenvalue weighted by atomic mass is 10.1. The predicted octanol–water partition coefficient (Wildman–Crippen LogP) is 1.08. The molecule has 1 unspecified atom stereocenters. The first-order valence-electron chi connectivity index (χ1n) is 8.30. The fourth-order valence-corrected chi connectivity index (χ4v) is 3.05. The third-order valence-corrected chi connectivity index (χ3v) is 4.38. The summed E-state index contributed by atoms with van der Waals surface area (Å²) in [6, 6.07) is 0. The van der Waals surface area contributed by atoms with Crippen LogP contribution in [0.25, 0.3) is 0 Å². The molecule has 0 saturated carbocycles. The average Bonchev–Trinajstić information content (AvgIpc) is 3.03. The minimum absolute atomic E-state index is 0.298. The molecule has 3 heterocycles. The molecule has 2 aliphatic heterocycles. The molecule has 7 heteroatoms. The number of rotatable bonds is 6. The van der Waals surface area contributed by atoms with Crippen molar-refractivity contribution < 1.29 is 14.0 Å². The van der Waals surface area contributed by atoms with Crippen molar-refractivity contribution in [3.05, 3.63) is 11.7 Å². The first-order valence-corrected chi connectivity index (χ1v) is 8.30. The maximum absolute atomic E-state index is 6.02. The van der Waals surface area contributed by atoms with Crippen LogP contribution in [0, 0.1) is 0 Å². The van der Waals surface area contributed by atoms with Gasteiger partial charge in [0.1, 0.15) is 0 Å². The molecule has 0 aromatic carbocycles. The van der Waals surface area contributed by atoms with Gasteiger partial charge < -0.3 is 19.7 Å². The molecule has 0 amide bonds. The second-order valence-corrected chi connectivity index (χ2v) is 6.11. The van der Waals surface area contributed by atoms with Crippen molar-refractivity contribution in [3.63, 3.8) is 0 Å². The zero-order chi connectivity index (χ0) is 15.2. The molecule has 0 bridgehead atoms. The Morgan fingerprint density at radius 3 is 2.77 bits per heavy atom. The summed E-state index contributed by atoms with van der Waals surface area (Å²) >= 11 is 0. The quantitative estimate of drug-likeness (QED) is 0.841. The molecule has 1 atom stereocenters. The van der Waals surface area contributed by atoms with Gasteiger partial charge in [-0.3, -0.25) is 4.90 Å². The van der Waals surface area contributed by atoms with E-state index in [-0.39, 0.29) is 0 Å². The molecule has 2 aliphatic rings. The van der Waals surface area contributed by atoms with Crippen molar-refractivity contribution in [2.45, 2.75) is 57.4 Å². The first kappa shape index (κ1) is 15.9. The minimum atomic E-state index is 0.298. The molecule has 1 aromatic rings. The summed E-state index contributed by atoms with van der Waals surface area (Å²) in [5.41, 5.74) is 5.47. The average molecular weight is 310 g/mol. The van der Waals surface area contributed by atoms with E-state index >= 15 is 0 Å². The lowest BCUT2D eigenvalue weighted by molar-refractivity contribution is -0.0754. The Morgan fingerprint density at radius 2 is 2.09 bits per heavy atom. The first-order chi connectivity index (χ1) is 10.8. The van der Waals surface area contributed by atoms with Gasteiger partial charge in [-0.15, -0.1) is 0 Å². The Kier molecular flexibility index (Phi) is 5.77. The summed E-state index contributed by atoms with van der Waals surface area (Å²) < 4.78 is 16.8. The standard InChI is InChI=1S/C15H26N4O3/c16-9-15-17-14(18-22-15)10-19-6-4-12(5-7-19)21-11-13-3-1-2-8-20-13/h12-13H,1-11,16H2. The molecule has 2 fully saturated rings. The number of nitrogens with zero attached hydrogens (tertiary/aromatic N) is 3. The van der Waals surface area contributed by atoms with Crippen LogP contribution >= 0.6 is 0 Å². The molecule has 124 valence electrons. The van der Waals surface area contributed by atoms with E-state index in [0.717, 1.165) is 57.9 Å². The Bertz CT molecular complexity index is 440. The lowest BCUT2D eigenvalue weighted by Gasteiger charge is -2.32. The summed E-state index contributed by atoms with van der Waals surface area (Å²) in [6.45, 7) is 4.66. The van der Waals surface area contributed by atoms with Crippen LogP contribution in [0.15, 0.2) is 4.52 Å². The van der Waals surface area contributed by atoms with Crippen LogP contribution in [-0.4, -0.2) is 53.6 Å². The van der Waals surface area contributed by atoms with E-state index in [1.165, 1.54) is 12.8 Å². The largest absolute Gasteiger partial charge is 0.376 e. The van der Waals surface area contributed by atoms with E-state index in [9.17, 15) is 0 Å². The van der Waals surface area contributed by atoms with Gasteiger partial charge in [-0.05, 0) is 32.1 Å². The smallest absolute Gasteiger partial charge is 0.240 e. The van der Waals surface area contributed by atoms with Gasteiger partial charge in [-0.25, -0.2) is 0 Å². The Hall–Kier alpha value is -1.02. The van der Waals surface area contributed by atoms with Crippen molar-refractivity contribution >= 4 is 0 Å². The third kappa shape index (κ3) is 4.49. The summed E-state index contributed by atoms with van der Waals surface area (Å²) in [6.07, 6.45) is 6.36. The SMILES string of the molecule is NCc1nc(CN2CCC(OCC3CCCCO3)CC2)no1. The van der Waals surface area contributed by atoms with E-state index in [4.69, 9.17) is 19.7 Å². The molecule has 3 rings (SSSR count). The van der Waals surface area contributed by atoms with Gasteiger partial charge in [0.05, 0.1) is 31.9 Å². The second kappa shape index (κ2) is 8.01. The molecule has 1 aromatic heterocycles. The monoisotopic (exact) mass is 310 g/mol. The van der Waals surface area contributed by atoms with Crippen molar-refractivity contribution in [1.29, 1.82) is 0 Å². The molecular weight excluding hydrogens is 284 g/mol. The van der Waals surface area contributed by atoms with E-state index in [2.05, 4.69) is 15.0 Å². The highest BCUT2D eigenvalue weighted by Gasteiger charge is 2.23. The molecule has 2 saturated heterocycles. The van der Waals surface area contributed by atoms with Crippen molar-refractivity contribution in [1.82, 2.24) is 15.0 Å². The molecule has 0 spiro atoms. The molecule has 7 nitrogen and oxygen atoms in total. The van der Waals surface area contributed by atoms with Crippen LogP contribution in [0.1, 0.15) is 43.8 Å². The molecule has 0 radical (unpaired) electrons. The van der Waals surface area contributed by atoms with Crippen molar-refractivity contribution in [3.8, 4) is 0 Å². The number of likely N-dealkylation sites (tertiary alicyclic amines) is 1. The number of piperidine rings is 1.